The quantitative estimate of drug-likeness (QED) is 0.112. The number of rotatable bonds is 22. The molecule has 0 saturated heterocycles. The van der Waals surface area contributed by atoms with E-state index in [9.17, 15) is 13.2 Å². The maximum Gasteiger partial charge on any atom is 0.264 e. The molecule has 0 heterocycles. The van der Waals surface area contributed by atoms with E-state index in [0.29, 0.717) is 19.4 Å². The van der Waals surface area contributed by atoms with Crippen LogP contribution < -0.4 is 5.32 Å². The first-order valence-corrected chi connectivity index (χ1v) is 14.0. The summed E-state index contributed by atoms with van der Waals surface area (Å²) in [6.07, 6.45) is 25.6. The maximum atomic E-state index is 11.6. The number of carbonyl (C=O) groups excluding carboxylic acids is 1. The zero-order chi connectivity index (χ0) is 22.3. The average Bonchev–Trinajstić information content (AvgIpc) is 2.69. The van der Waals surface area contributed by atoms with E-state index in [2.05, 4.69) is 12.2 Å². The normalized spacial score (nSPS) is 11.9. The molecular formula is C24H47NO4S. The summed E-state index contributed by atoms with van der Waals surface area (Å²) in [7, 11) is -3.89. The lowest BCUT2D eigenvalue weighted by Crippen LogP contribution is -2.22. The van der Waals surface area contributed by atoms with Crippen LogP contribution in [0.2, 0.25) is 0 Å². The van der Waals surface area contributed by atoms with Gasteiger partial charge in [0.15, 0.2) is 0 Å². The fraction of sp³-hybridized carbons (Fsp3) is 0.875. The second-order valence-electron chi connectivity index (χ2n) is 8.42. The molecule has 0 rings (SSSR count). The van der Waals surface area contributed by atoms with Crippen molar-refractivity contribution in [2.75, 3.05) is 12.3 Å². The average molecular weight is 446 g/mol. The van der Waals surface area contributed by atoms with Gasteiger partial charge in [-0.1, -0.05) is 103 Å². The first-order valence-electron chi connectivity index (χ1n) is 12.3. The lowest BCUT2D eigenvalue weighted by molar-refractivity contribution is -0.116. The molecule has 6 heteroatoms. The number of carbonyl (C=O) groups is 1. The lowest BCUT2D eigenvalue weighted by atomic mass is 10.0. The van der Waals surface area contributed by atoms with Crippen LogP contribution in [0.4, 0.5) is 0 Å². The topological polar surface area (TPSA) is 83.5 Å². The molecule has 5 nitrogen and oxygen atoms in total. The molecule has 0 aromatic rings. The molecule has 30 heavy (non-hydrogen) atoms. The fourth-order valence-corrected chi connectivity index (χ4v) is 4.07. The van der Waals surface area contributed by atoms with Gasteiger partial charge in [0.25, 0.3) is 10.1 Å². The Labute approximate surface area is 186 Å². The number of amides is 1. The Morgan fingerprint density at radius 1 is 0.733 bits per heavy atom. The summed E-state index contributed by atoms with van der Waals surface area (Å²) >= 11 is 0. The van der Waals surface area contributed by atoms with Crippen molar-refractivity contribution in [1.29, 1.82) is 0 Å². The molecule has 0 fully saturated rings. The molecule has 0 aliphatic heterocycles. The summed E-state index contributed by atoms with van der Waals surface area (Å²) in [5.74, 6) is -0.388. The van der Waals surface area contributed by atoms with E-state index in [1.807, 2.05) is 6.08 Å². The highest BCUT2D eigenvalue weighted by Gasteiger charge is 2.03. The Morgan fingerprint density at radius 3 is 1.67 bits per heavy atom. The van der Waals surface area contributed by atoms with Crippen LogP contribution in [0, 0.1) is 0 Å². The van der Waals surface area contributed by atoms with E-state index >= 15 is 0 Å². The maximum absolute atomic E-state index is 11.6. The van der Waals surface area contributed by atoms with Crippen molar-refractivity contribution in [1.82, 2.24) is 5.32 Å². The molecule has 2 N–H and O–H groups in total. The molecular weight excluding hydrogens is 398 g/mol. The van der Waals surface area contributed by atoms with Gasteiger partial charge in [-0.2, -0.15) is 8.42 Å². The molecule has 0 aliphatic rings. The predicted octanol–water partition coefficient (Wildman–Crippen LogP) is 6.59. The van der Waals surface area contributed by atoms with E-state index in [1.165, 1.54) is 89.9 Å². The Balaban J connectivity index is 3.26. The van der Waals surface area contributed by atoms with Gasteiger partial charge >= 0.3 is 0 Å². The Hall–Kier alpha value is -0.880. The van der Waals surface area contributed by atoms with Crippen LogP contribution in [0.25, 0.3) is 0 Å². The highest BCUT2D eigenvalue weighted by molar-refractivity contribution is 7.85. The summed E-state index contributed by atoms with van der Waals surface area (Å²) in [6, 6.07) is 0. The third-order valence-electron chi connectivity index (χ3n) is 5.37. The molecule has 0 spiro atoms. The molecule has 0 aromatic heterocycles. The smallest absolute Gasteiger partial charge is 0.264 e. The van der Waals surface area contributed by atoms with E-state index in [-0.39, 0.29) is 11.7 Å². The summed E-state index contributed by atoms with van der Waals surface area (Å²) < 4.78 is 29.8. The van der Waals surface area contributed by atoms with Crippen LogP contribution >= 0.6 is 0 Å². The van der Waals surface area contributed by atoms with Gasteiger partial charge in [-0.25, -0.2) is 0 Å². The fourth-order valence-electron chi connectivity index (χ4n) is 3.50. The van der Waals surface area contributed by atoms with E-state index in [0.717, 1.165) is 12.8 Å². The van der Waals surface area contributed by atoms with Crippen LogP contribution in [-0.4, -0.2) is 31.2 Å². The zero-order valence-corrected chi connectivity index (χ0v) is 20.2. The molecule has 0 atom stereocenters. The van der Waals surface area contributed by atoms with Crippen LogP contribution in [0.3, 0.4) is 0 Å². The Morgan fingerprint density at radius 2 is 1.20 bits per heavy atom. The third-order valence-corrected chi connectivity index (χ3v) is 6.18. The molecule has 0 radical (unpaired) electrons. The Kier molecular flexibility index (Phi) is 20.7. The summed E-state index contributed by atoms with van der Waals surface area (Å²) in [5, 5.41) is 2.72. The molecule has 0 aromatic carbocycles. The first-order chi connectivity index (χ1) is 14.5. The van der Waals surface area contributed by atoms with Crippen molar-refractivity contribution in [2.45, 2.75) is 122 Å². The number of hydrogen-bond acceptors (Lipinski definition) is 3. The van der Waals surface area contributed by atoms with E-state index in [4.69, 9.17) is 4.55 Å². The van der Waals surface area contributed by atoms with Crippen molar-refractivity contribution >= 4 is 16.0 Å². The minimum absolute atomic E-state index is 0.136. The molecule has 0 saturated carbocycles. The highest BCUT2D eigenvalue weighted by atomic mass is 32.2. The molecule has 0 unspecified atom stereocenters. The predicted molar refractivity (Wildman–Crippen MR) is 127 cm³/mol. The minimum atomic E-state index is -3.89. The van der Waals surface area contributed by atoms with Gasteiger partial charge < -0.3 is 5.32 Å². The van der Waals surface area contributed by atoms with Crippen molar-refractivity contribution in [3.63, 3.8) is 0 Å². The van der Waals surface area contributed by atoms with Crippen LogP contribution in [0.15, 0.2) is 12.2 Å². The Bertz CT molecular complexity index is 517. The molecule has 0 aliphatic carbocycles. The van der Waals surface area contributed by atoms with E-state index in [1.54, 1.807) is 6.08 Å². The zero-order valence-electron chi connectivity index (χ0n) is 19.4. The highest BCUT2D eigenvalue weighted by Crippen LogP contribution is 2.13. The first kappa shape index (κ1) is 29.1. The third kappa shape index (κ3) is 25.2. The van der Waals surface area contributed by atoms with Crippen molar-refractivity contribution in [3.8, 4) is 0 Å². The van der Waals surface area contributed by atoms with Crippen molar-refractivity contribution < 1.29 is 17.8 Å². The number of allylic oxidation sites excluding steroid dienone is 1. The molecule has 1 amide bonds. The summed E-state index contributed by atoms with van der Waals surface area (Å²) in [4.78, 5) is 11.6. The van der Waals surface area contributed by atoms with Gasteiger partial charge in [-0.15, -0.1) is 0 Å². The van der Waals surface area contributed by atoms with Crippen LogP contribution in [0.1, 0.15) is 122 Å². The van der Waals surface area contributed by atoms with Gasteiger partial charge in [0.2, 0.25) is 5.91 Å². The van der Waals surface area contributed by atoms with Gasteiger partial charge in [0.1, 0.15) is 0 Å². The standard InChI is InChI=1S/C24H47NO4S/c1-2-3-4-5-6-7-8-9-10-11-12-13-14-15-16-17-18-21-24(26)25-22-19-20-23-30(27,28)29/h18,21H,2-17,19-20,22-23H2,1H3,(H,25,26)(H,27,28,29)/b21-18+. The van der Waals surface area contributed by atoms with E-state index < -0.39 is 10.1 Å². The monoisotopic (exact) mass is 445 g/mol. The number of unbranched alkanes of at least 4 members (excludes halogenated alkanes) is 16. The number of nitrogens with one attached hydrogen (secondary N) is 1. The van der Waals surface area contributed by atoms with Gasteiger partial charge in [0, 0.05) is 6.54 Å². The summed E-state index contributed by atoms with van der Waals surface area (Å²) in [6.45, 7) is 2.70. The van der Waals surface area contributed by atoms with Crippen molar-refractivity contribution in [2.24, 2.45) is 0 Å². The van der Waals surface area contributed by atoms with Gasteiger partial charge in [-0.3, -0.25) is 9.35 Å². The number of hydrogen-bond donors (Lipinski definition) is 2. The van der Waals surface area contributed by atoms with Crippen molar-refractivity contribution in [3.05, 3.63) is 12.2 Å². The summed E-state index contributed by atoms with van der Waals surface area (Å²) in [5.41, 5.74) is 0. The molecule has 178 valence electrons. The van der Waals surface area contributed by atoms with Gasteiger partial charge in [-0.05, 0) is 31.8 Å². The second kappa shape index (κ2) is 21.4. The van der Waals surface area contributed by atoms with Crippen LogP contribution in [0.5, 0.6) is 0 Å². The SMILES string of the molecule is CCCCCCCCCCCCCCCCC/C=C/C(=O)NCCCCS(=O)(=O)O. The van der Waals surface area contributed by atoms with Gasteiger partial charge in [0.05, 0.1) is 5.75 Å². The lowest BCUT2D eigenvalue weighted by Gasteiger charge is -2.03. The van der Waals surface area contributed by atoms with Crippen LogP contribution in [-0.2, 0) is 14.9 Å². The minimum Gasteiger partial charge on any atom is -0.353 e. The molecule has 0 bridgehead atoms. The largest absolute Gasteiger partial charge is 0.353 e. The second-order valence-corrected chi connectivity index (χ2v) is 10.00.